The van der Waals surface area contributed by atoms with E-state index in [2.05, 4.69) is 24.3 Å². The highest BCUT2D eigenvalue weighted by Crippen LogP contribution is 2.27. The molecule has 2 rings (SSSR count). The fraction of sp³-hybridized carbons (Fsp3) is 0.462. The van der Waals surface area contributed by atoms with E-state index in [0.717, 1.165) is 11.3 Å². The Morgan fingerprint density at radius 2 is 2.22 bits per heavy atom. The van der Waals surface area contributed by atoms with Crippen molar-refractivity contribution in [1.29, 1.82) is 0 Å². The summed E-state index contributed by atoms with van der Waals surface area (Å²) in [6.07, 6.45) is 3.12. The minimum absolute atomic E-state index is 0.315. The van der Waals surface area contributed by atoms with Gasteiger partial charge < -0.3 is 9.73 Å². The summed E-state index contributed by atoms with van der Waals surface area (Å²) in [5.74, 6) is 0.419. The van der Waals surface area contributed by atoms with Crippen molar-refractivity contribution in [3.8, 4) is 11.1 Å². The van der Waals surface area contributed by atoms with Crippen LogP contribution in [0.15, 0.2) is 22.9 Å². The zero-order valence-electron chi connectivity index (χ0n) is 10.9. The molecule has 0 saturated heterocycles. The zero-order chi connectivity index (χ0) is 13.1. The first-order valence-electron chi connectivity index (χ1n) is 6.15. The number of hydrogen-bond donors (Lipinski definition) is 1. The Morgan fingerprint density at radius 1 is 1.44 bits per heavy atom. The highest BCUT2D eigenvalue weighted by atomic mass is 19.1. The van der Waals surface area contributed by atoms with Gasteiger partial charge in [-0.15, -0.1) is 0 Å². The molecule has 0 spiro atoms. The second-order valence-electron chi connectivity index (χ2n) is 4.46. The third-order valence-corrected chi connectivity index (χ3v) is 2.78. The van der Waals surface area contributed by atoms with Gasteiger partial charge in [-0.3, -0.25) is 0 Å². The second-order valence-corrected chi connectivity index (χ2v) is 4.46. The molecular weight excluding hydrogens is 233 g/mol. The van der Waals surface area contributed by atoms with Gasteiger partial charge >= 0.3 is 0 Å². The van der Waals surface area contributed by atoms with Crippen molar-refractivity contribution in [3.05, 3.63) is 30.2 Å². The molecule has 2 heterocycles. The van der Waals surface area contributed by atoms with Crippen molar-refractivity contribution in [2.75, 3.05) is 0 Å². The van der Waals surface area contributed by atoms with Gasteiger partial charge in [0.25, 0.3) is 0 Å². The summed E-state index contributed by atoms with van der Waals surface area (Å²) in [7, 11) is 0. The minimum atomic E-state index is -0.315. The van der Waals surface area contributed by atoms with Gasteiger partial charge in [-0.2, -0.15) is 9.49 Å². The Hall–Kier alpha value is -1.62. The number of hydrogen-bond acceptors (Lipinski definition) is 3. The topological polar surface area (TPSA) is 43.0 Å². The van der Waals surface area contributed by atoms with Crippen LogP contribution < -0.4 is 5.32 Å². The lowest BCUT2D eigenvalue weighted by molar-refractivity contribution is 0.462. The van der Waals surface area contributed by atoms with E-state index in [9.17, 15) is 4.39 Å². The Labute approximate surface area is 106 Å². The first-order valence-corrected chi connectivity index (χ1v) is 6.15. The van der Waals surface area contributed by atoms with Crippen LogP contribution in [0.4, 0.5) is 4.39 Å². The average molecular weight is 251 g/mol. The second kappa shape index (κ2) is 5.35. The molecule has 0 aliphatic heterocycles. The summed E-state index contributed by atoms with van der Waals surface area (Å²) in [6, 6.07) is 2.13. The fourth-order valence-corrected chi connectivity index (χ4v) is 1.79. The van der Waals surface area contributed by atoms with Crippen LogP contribution in [0.5, 0.6) is 0 Å². The number of aryl methyl sites for hydroxylation is 1. The van der Waals surface area contributed by atoms with Gasteiger partial charge in [-0.05, 0) is 13.0 Å². The molecule has 0 fully saturated rings. The van der Waals surface area contributed by atoms with Crippen LogP contribution in [0.3, 0.4) is 0 Å². The van der Waals surface area contributed by atoms with Crippen molar-refractivity contribution >= 4 is 0 Å². The quantitative estimate of drug-likeness (QED) is 0.888. The first-order chi connectivity index (χ1) is 8.63. The van der Waals surface area contributed by atoms with Crippen LogP contribution in [-0.2, 0) is 13.1 Å². The Morgan fingerprint density at radius 3 is 2.83 bits per heavy atom. The largest absolute Gasteiger partial charge is 0.467 e. The number of nitrogens with one attached hydrogen (secondary N) is 1. The Kier molecular flexibility index (Phi) is 3.81. The van der Waals surface area contributed by atoms with E-state index in [1.54, 1.807) is 18.5 Å². The van der Waals surface area contributed by atoms with E-state index in [-0.39, 0.29) is 5.95 Å². The first kappa shape index (κ1) is 12.8. The standard InChI is InChI=1S/C13H18FN3O/c1-4-17-13(14)11(7-16-17)10-5-6-18-12(10)8-15-9(2)3/h5-7,9,15H,4,8H2,1-3H3. The van der Waals surface area contributed by atoms with Gasteiger partial charge in [0.1, 0.15) is 5.76 Å². The van der Waals surface area contributed by atoms with Crippen molar-refractivity contribution < 1.29 is 8.81 Å². The van der Waals surface area contributed by atoms with Crippen molar-refractivity contribution in [3.63, 3.8) is 0 Å². The lowest BCUT2D eigenvalue weighted by atomic mass is 10.1. The van der Waals surface area contributed by atoms with Crippen molar-refractivity contribution in [1.82, 2.24) is 15.1 Å². The van der Waals surface area contributed by atoms with Gasteiger partial charge in [0.15, 0.2) is 0 Å². The van der Waals surface area contributed by atoms with Crippen LogP contribution in [0.2, 0.25) is 0 Å². The van der Waals surface area contributed by atoms with E-state index >= 15 is 0 Å². The van der Waals surface area contributed by atoms with Crippen molar-refractivity contribution in [2.45, 2.75) is 39.9 Å². The van der Waals surface area contributed by atoms with Crippen LogP contribution in [-0.4, -0.2) is 15.8 Å². The molecule has 0 aliphatic carbocycles. The highest BCUT2D eigenvalue weighted by Gasteiger charge is 2.16. The van der Waals surface area contributed by atoms with Crippen LogP contribution in [0, 0.1) is 5.95 Å². The lowest BCUT2D eigenvalue weighted by Crippen LogP contribution is -2.21. The Balaban J connectivity index is 2.27. The minimum Gasteiger partial charge on any atom is -0.467 e. The maximum Gasteiger partial charge on any atom is 0.219 e. The smallest absolute Gasteiger partial charge is 0.219 e. The molecule has 0 radical (unpaired) electrons. The summed E-state index contributed by atoms with van der Waals surface area (Å²) in [4.78, 5) is 0. The normalized spacial score (nSPS) is 11.4. The van der Waals surface area contributed by atoms with Crippen LogP contribution in [0.1, 0.15) is 26.5 Å². The molecule has 2 aromatic rings. The molecule has 2 aromatic heterocycles. The fourth-order valence-electron chi connectivity index (χ4n) is 1.79. The maximum absolute atomic E-state index is 14.0. The van der Waals surface area contributed by atoms with Gasteiger partial charge in [0.2, 0.25) is 5.95 Å². The molecule has 0 aromatic carbocycles. The molecule has 0 bridgehead atoms. The number of furan rings is 1. The molecule has 5 heteroatoms. The zero-order valence-corrected chi connectivity index (χ0v) is 10.9. The molecule has 0 saturated carbocycles. The number of aromatic nitrogens is 2. The van der Waals surface area contributed by atoms with Gasteiger partial charge in [-0.25, -0.2) is 4.68 Å². The van der Waals surface area contributed by atoms with Crippen LogP contribution in [0.25, 0.3) is 11.1 Å². The molecule has 18 heavy (non-hydrogen) atoms. The van der Waals surface area contributed by atoms with Gasteiger partial charge in [-0.1, -0.05) is 13.8 Å². The van der Waals surface area contributed by atoms with E-state index in [0.29, 0.717) is 24.7 Å². The number of nitrogens with zero attached hydrogens (tertiary/aromatic N) is 2. The van der Waals surface area contributed by atoms with E-state index in [1.165, 1.54) is 4.68 Å². The molecular formula is C13H18FN3O. The van der Waals surface area contributed by atoms with Crippen molar-refractivity contribution in [2.24, 2.45) is 0 Å². The summed E-state index contributed by atoms with van der Waals surface area (Å²) in [6.45, 7) is 7.06. The number of rotatable bonds is 5. The molecule has 4 nitrogen and oxygen atoms in total. The summed E-state index contributed by atoms with van der Waals surface area (Å²) >= 11 is 0. The molecule has 98 valence electrons. The van der Waals surface area contributed by atoms with E-state index in [4.69, 9.17) is 4.42 Å². The Bertz CT molecular complexity index is 516. The van der Waals surface area contributed by atoms with Gasteiger partial charge in [0.05, 0.1) is 24.6 Å². The third kappa shape index (κ3) is 2.46. The maximum atomic E-state index is 14.0. The summed E-state index contributed by atoms with van der Waals surface area (Å²) < 4.78 is 20.7. The average Bonchev–Trinajstić information content (AvgIpc) is 2.92. The van der Waals surface area contributed by atoms with E-state index < -0.39 is 0 Å². The molecule has 1 N–H and O–H groups in total. The summed E-state index contributed by atoms with van der Waals surface area (Å²) in [5.41, 5.74) is 1.26. The highest BCUT2D eigenvalue weighted by molar-refractivity contribution is 5.64. The predicted octanol–water partition coefficient (Wildman–Crippen LogP) is 2.80. The SMILES string of the molecule is CCn1ncc(-c2ccoc2CNC(C)C)c1F. The number of halogens is 1. The van der Waals surface area contributed by atoms with E-state index in [1.807, 2.05) is 6.92 Å². The van der Waals surface area contributed by atoms with Crippen LogP contribution >= 0.6 is 0 Å². The third-order valence-electron chi connectivity index (χ3n) is 2.78. The molecule has 0 unspecified atom stereocenters. The lowest BCUT2D eigenvalue weighted by Gasteiger charge is -2.07. The predicted molar refractivity (Wildman–Crippen MR) is 67.5 cm³/mol. The molecule has 0 amide bonds. The monoisotopic (exact) mass is 251 g/mol. The molecule has 0 atom stereocenters. The van der Waals surface area contributed by atoms with Gasteiger partial charge in [0, 0.05) is 18.2 Å². The summed E-state index contributed by atoms with van der Waals surface area (Å²) in [5, 5.41) is 7.26. The molecule has 0 aliphatic rings.